The Hall–Kier alpha value is -2.73. The molecule has 0 unspecified atom stereocenters. The van der Waals surface area contributed by atoms with Crippen LogP contribution in [0, 0.1) is 5.92 Å². The van der Waals surface area contributed by atoms with Crippen LogP contribution in [0.25, 0.3) is 0 Å². The summed E-state index contributed by atoms with van der Waals surface area (Å²) < 4.78 is 10.8. The molecule has 1 aliphatic heterocycles. The molecule has 1 atom stereocenters. The van der Waals surface area contributed by atoms with Crippen molar-refractivity contribution in [2.24, 2.45) is 5.92 Å². The molecule has 0 aliphatic carbocycles. The van der Waals surface area contributed by atoms with Crippen molar-refractivity contribution in [2.45, 2.75) is 6.42 Å². The Labute approximate surface area is 163 Å². The van der Waals surface area contributed by atoms with E-state index in [-0.39, 0.29) is 30.9 Å². The monoisotopic (exact) mass is 388 g/mol. The van der Waals surface area contributed by atoms with Crippen molar-refractivity contribution >= 4 is 29.1 Å². The third-order valence-electron chi connectivity index (χ3n) is 4.39. The highest BCUT2D eigenvalue weighted by molar-refractivity contribution is 6.30. The summed E-state index contributed by atoms with van der Waals surface area (Å²) in [5, 5.41) is 3.37. The van der Waals surface area contributed by atoms with E-state index < -0.39 is 0 Å². The Morgan fingerprint density at radius 1 is 1.30 bits per heavy atom. The second-order valence-electron chi connectivity index (χ2n) is 6.44. The quantitative estimate of drug-likeness (QED) is 0.855. The summed E-state index contributed by atoms with van der Waals surface area (Å²) >= 11 is 6.02. The molecule has 0 bridgehead atoms. The summed E-state index contributed by atoms with van der Waals surface area (Å²) in [5.41, 5.74) is 1.52. The standard InChI is InChI=1S/C20H21ClN2O4/c1-23(11-19(24)22-16-4-3-5-17(10-16)26-2)20(25)14-8-13-9-15(21)6-7-18(13)27-12-14/h3-7,9-10,14H,8,11-12H2,1-2H3,(H,22,24)/t14-/m1/s1. The van der Waals surface area contributed by atoms with Gasteiger partial charge in [0.2, 0.25) is 11.8 Å². The highest BCUT2D eigenvalue weighted by Gasteiger charge is 2.29. The van der Waals surface area contributed by atoms with Gasteiger partial charge in [0.05, 0.1) is 19.6 Å². The minimum atomic E-state index is -0.342. The lowest BCUT2D eigenvalue weighted by Crippen LogP contribution is -2.42. The van der Waals surface area contributed by atoms with Gasteiger partial charge in [-0.1, -0.05) is 17.7 Å². The molecule has 0 saturated heterocycles. The maximum Gasteiger partial charge on any atom is 0.243 e. The molecule has 2 aromatic rings. The van der Waals surface area contributed by atoms with Crippen molar-refractivity contribution < 1.29 is 19.1 Å². The largest absolute Gasteiger partial charge is 0.497 e. The van der Waals surface area contributed by atoms with Crippen molar-refractivity contribution in [3.05, 3.63) is 53.1 Å². The Morgan fingerprint density at radius 3 is 2.89 bits per heavy atom. The van der Waals surface area contributed by atoms with E-state index in [1.54, 1.807) is 44.5 Å². The first kappa shape index (κ1) is 19.0. The molecule has 0 saturated carbocycles. The number of methoxy groups -OCH3 is 1. The van der Waals surface area contributed by atoms with Gasteiger partial charge in [0, 0.05) is 23.8 Å². The molecule has 6 nitrogen and oxygen atoms in total. The number of anilines is 1. The Kier molecular flexibility index (Phi) is 5.86. The van der Waals surface area contributed by atoms with Gasteiger partial charge in [0.15, 0.2) is 0 Å². The van der Waals surface area contributed by atoms with Gasteiger partial charge in [-0.2, -0.15) is 0 Å². The van der Waals surface area contributed by atoms with Crippen molar-refractivity contribution in [1.82, 2.24) is 4.90 Å². The maximum atomic E-state index is 12.7. The van der Waals surface area contributed by atoms with E-state index in [1.165, 1.54) is 4.90 Å². The summed E-state index contributed by atoms with van der Waals surface area (Å²) in [6.07, 6.45) is 0.538. The van der Waals surface area contributed by atoms with E-state index in [0.29, 0.717) is 22.9 Å². The molecule has 1 N–H and O–H groups in total. The van der Waals surface area contributed by atoms with Crippen LogP contribution in [0.3, 0.4) is 0 Å². The van der Waals surface area contributed by atoms with Crippen LogP contribution in [0.1, 0.15) is 5.56 Å². The first-order valence-electron chi connectivity index (χ1n) is 8.56. The van der Waals surface area contributed by atoms with Crippen LogP contribution in [0.2, 0.25) is 5.02 Å². The molecule has 1 aliphatic rings. The third-order valence-corrected chi connectivity index (χ3v) is 4.62. The maximum absolute atomic E-state index is 12.7. The van der Waals surface area contributed by atoms with Crippen LogP contribution < -0.4 is 14.8 Å². The number of hydrogen-bond donors (Lipinski definition) is 1. The van der Waals surface area contributed by atoms with Gasteiger partial charge in [-0.3, -0.25) is 9.59 Å². The second kappa shape index (κ2) is 8.31. The van der Waals surface area contributed by atoms with Gasteiger partial charge in [-0.15, -0.1) is 0 Å². The number of nitrogens with zero attached hydrogens (tertiary/aromatic N) is 1. The zero-order valence-corrected chi connectivity index (χ0v) is 16.0. The zero-order chi connectivity index (χ0) is 19.4. The number of hydrogen-bond acceptors (Lipinski definition) is 4. The van der Waals surface area contributed by atoms with E-state index in [0.717, 1.165) is 11.3 Å². The molecule has 1 heterocycles. The molecule has 3 rings (SSSR count). The van der Waals surface area contributed by atoms with Crippen LogP contribution in [0.15, 0.2) is 42.5 Å². The molecule has 0 spiro atoms. The summed E-state index contributed by atoms with van der Waals surface area (Å²) in [4.78, 5) is 26.4. The van der Waals surface area contributed by atoms with Gasteiger partial charge < -0.3 is 19.7 Å². The van der Waals surface area contributed by atoms with Crippen molar-refractivity contribution in [1.29, 1.82) is 0 Å². The van der Waals surface area contributed by atoms with Crippen molar-refractivity contribution in [2.75, 3.05) is 32.6 Å². The minimum absolute atomic E-state index is 0.0467. The average molecular weight is 389 g/mol. The lowest BCUT2D eigenvalue weighted by molar-refractivity contribution is -0.138. The van der Waals surface area contributed by atoms with E-state index in [4.69, 9.17) is 21.1 Å². The fourth-order valence-corrected chi connectivity index (χ4v) is 3.22. The Morgan fingerprint density at radius 2 is 2.11 bits per heavy atom. The van der Waals surface area contributed by atoms with Crippen LogP contribution in [-0.4, -0.2) is 44.0 Å². The highest BCUT2D eigenvalue weighted by atomic mass is 35.5. The molecule has 0 radical (unpaired) electrons. The van der Waals surface area contributed by atoms with Crippen molar-refractivity contribution in [3.63, 3.8) is 0 Å². The van der Waals surface area contributed by atoms with E-state index in [1.807, 2.05) is 12.1 Å². The number of rotatable bonds is 5. The molecule has 0 fully saturated rings. The van der Waals surface area contributed by atoms with Gasteiger partial charge in [-0.05, 0) is 42.3 Å². The number of carbonyl (C=O) groups is 2. The molecular formula is C20H21ClN2O4. The fraction of sp³-hybridized carbons (Fsp3) is 0.300. The molecular weight excluding hydrogens is 368 g/mol. The van der Waals surface area contributed by atoms with Gasteiger partial charge in [-0.25, -0.2) is 0 Å². The smallest absolute Gasteiger partial charge is 0.243 e. The first-order valence-corrected chi connectivity index (χ1v) is 8.94. The second-order valence-corrected chi connectivity index (χ2v) is 6.87. The number of likely N-dealkylation sites (N-methyl/N-ethyl adjacent to an activating group) is 1. The topological polar surface area (TPSA) is 67.9 Å². The predicted molar refractivity (Wildman–Crippen MR) is 103 cm³/mol. The summed E-state index contributed by atoms with van der Waals surface area (Å²) in [7, 11) is 3.17. The van der Waals surface area contributed by atoms with Gasteiger partial charge in [0.1, 0.15) is 18.1 Å². The lowest BCUT2D eigenvalue weighted by atomic mass is 9.95. The number of carbonyl (C=O) groups excluding carboxylic acids is 2. The molecule has 2 amide bonds. The lowest BCUT2D eigenvalue weighted by Gasteiger charge is -2.28. The molecule has 0 aromatic heterocycles. The van der Waals surface area contributed by atoms with E-state index >= 15 is 0 Å². The highest BCUT2D eigenvalue weighted by Crippen LogP contribution is 2.30. The number of halogens is 1. The number of ether oxygens (including phenoxy) is 2. The van der Waals surface area contributed by atoms with Crippen LogP contribution >= 0.6 is 11.6 Å². The minimum Gasteiger partial charge on any atom is -0.497 e. The number of benzene rings is 2. The SMILES string of the molecule is COc1cccc(NC(=O)CN(C)C(=O)[C@H]2COc3ccc(Cl)cc3C2)c1. The van der Waals surface area contributed by atoms with E-state index in [9.17, 15) is 9.59 Å². The first-order chi connectivity index (χ1) is 13.0. The number of nitrogens with one attached hydrogen (secondary N) is 1. The van der Waals surface area contributed by atoms with E-state index in [2.05, 4.69) is 5.32 Å². The molecule has 7 heteroatoms. The Balaban J connectivity index is 1.58. The Bertz CT molecular complexity index is 856. The molecule has 142 valence electrons. The van der Waals surface area contributed by atoms with Gasteiger partial charge in [0.25, 0.3) is 0 Å². The average Bonchev–Trinajstić information content (AvgIpc) is 2.66. The molecule has 2 aromatic carbocycles. The molecule has 27 heavy (non-hydrogen) atoms. The predicted octanol–water partition coefficient (Wildman–Crippen LogP) is 3.00. The zero-order valence-electron chi connectivity index (χ0n) is 15.2. The fourth-order valence-electron chi connectivity index (χ4n) is 3.03. The summed E-state index contributed by atoms with van der Waals surface area (Å²) in [6.45, 7) is 0.240. The summed E-state index contributed by atoms with van der Waals surface area (Å²) in [5.74, 6) is 0.641. The number of fused-ring (bicyclic) bond motifs is 1. The third kappa shape index (κ3) is 4.71. The van der Waals surface area contributed by atoms with Crippen LogP contribution in [0.5, 0.6) is 11.5 Å². The number of amides is 2. The van der Waals surface area contributed by atoms with Crippen LogP contribution in [0.4, 0.5) is 5.69 Å². The van der Waals surface area contributed by atoms with Crippen molar-refractivity contribution in [3.8, 4) is 11.5 Å². The summed E-state index contributed by atoms with van der Waals surface area (Å²) in [6, 6.07) is 12.4. The normalized spacial score (nSPS) is 15.3. The van der Waals surface area contributed by atoms with Crippen LogP contribution in [-0.2, 0) is 16.0 Å². The van der Waals surface area contributed by atoms with Gasteiger partial charge >= 0.3 is 0 Å².